The molecule has 9 nitrogen and oxygen atoms in total. The fourth-order valence-corrected chi connectivity index (χ4v) is 2.36. The third kappa shape index (κ3) is 2.01. The third-order valence-corrected chi connectivity index (χ3v) is 3.45. The van der Waals surface area contributed by atoms with E-state index >= 15 is 0 Å². The van der Waals surface area contributed by atoms with Crippen molar-refractivity contribution in [3.05, 3.63) is 34.6 Å². The van der Waals surface area contributed by atoms with Crippen molar-refractivity contribution < 1.29 is 20.1 Å². The Kier molecular flexibility index (Phi) is 3.23. The lowest BCUT2D eigenvalue weighted by atomic mass is 10.1. The molecule has 0 radical (unpaired) electrons. The van der Waals surface area contributed by atoms with E-state index in [9.17, 15) is 15.0 Å². The van der Waals surface area contributed by atoms with Crippen LogP contribution in [0.4, 0.5) is 0 Å². The number of hydrogen-bond donors (Lipinski definition) is 3. The SMILES string of the molecule is N#Cc1cn2c(=O)n([C@@H]3O[C@H](CO)[C@@H](O)[C@H]3O)ccc2n1. The van der Waals surface area contributed by atoms with E-state index in [1.165, 1.54) is 18.5 Å². The third-order valence-electron chi connectivity index (χ3n) is 3.45. The fourth-order valence-electron chi connectivity index (χ4n) is 2.36. The Morgan fingerprint density at radius 2 is 2.19 bits per heavy atom. The van der Waals surface area contributed by atoms with Crippen molar-refractivity contribution >= 4 is 5.65 Å². The molecule has 21 heavy (non-hydrogen) atoms. The summed E-state index contributed by atoms with van der Waals surface area (Å²) in [5.74, 6) is 0. The second-order valence-electron chi connectivity index (χ2n) is 4.70. The van der Waals surface area contributed by atoms with Crippen molar-refractivity contribution in [1.82, 2.24) is 14.0 Å². The standard InChI is InChI=1S/C12H12N4O5/c13-3-6-4-16-8(14-6)1-2-15(12(16)20)11-10(19)9(18)7(5-17)21-11/h1-2,4,7,9-11,17-19H,5H2/t7-,9-,10-,11-/m1/s1. The highest BCUT2D eigenvalue weighted by Crippen LogP contribution is 2.28. The summed E-state index contributed by atoms with van der Waals surface area (Å²) in [6.45, 7) is -0.477. The van der Waals surface area contributed by atoms with Gasteiger partial charge in [-0.25, -0.2) is 14.2 Å². The number of nitriles is 1. The van der Waals surface area contributed by atoms with Crippen molar-refractivity contribution in [3.8, 4) is 6.07 Å². The molecule has 0 aliphatic carbocycles. The molecule has 1 aliphatic heterocycles. The molecule has 2 aromatic rings. The summed E-state index contributed by atoms with van der Waals surface area (Å²) in [6.07, 6.45) is -2.11. The van der Waals surface area contributed by atoms with Crippen LogP contribution < -0.4 is 5.69 Å². The van der Waals surface area contributed by atoms with Crippen LogP contribution in [-0.4, -0.2) is 54.2 Å². The lowest BCUT2D eigenvalue weighted by Gasteiger charge is -2.17. The van der Waals surface area contributed by atoms with E-state index in [0.29, 0.717) is 5.65 Å². The van der Waals surface area contributed by atoms with E-state index in [1.54, 1.807) is 0 Å². The average molecular weight is 292 g/mol. The van der Waals surface area contributed by atoms with Gasteiger partial charge >= 0.3 is 5.69 Å². The van der Waals surface area contributed by atoms with Gasteiger partial charge in [-0.15, -0.1) is 0 Å². The Morgan fingerprint density at radius 3 is 2.81 bits per heavy atom. The van der Waals surface area contributed by atoms with Gasteiger partial charge in [0, 0.05) is 6.20 Å². The van der Waals surface area contributed by atoms with Gasteiger partial charge in [-0.3, -0.25) is 4.57 Å². The highest BCUT2D eigenvalue weighted by Gasteiger charge is 2.43. The molecule has 0 spiro atoms. The first kappa shape index (κ1) is 13.7. The zero-order valence-electron chi connectivity index (χ0n) is 10.7. The first-order valence-electron chi connectivity index (χ1n) is 6.19. The van der Waals surface area contributed by atoms with Crippen molar-refractivity contribution in [2.45, 2.75) is 24.5 Å². The summed E-state index contributed by atoms with van der Waals surface area (Å²) in [6, 6.07) is 3.31. The number of rotatable bonds is 2. The van der Waals surface area contributed by atoms with Crippen molar-refractivity contribution in [1.29, 1.82) is 5.26 Å². The predicted molar refractivity (Wildman–Crippen MR) is 67.2 cm³/mol. The highest BCUT2D eigenvalue weighted by molar-refractivity contribution is 5.41. The van der Waals surface area contributed by atoms with Crippen molar-refractivity contribution in [2.75, 3.05) is 6.61 Å². The number of imidazole rings is 1. The molecule has 1 saturated heterocycles. The molecule has 0 aromatic carbocycles. The molecule has 3 heterocycles. The van der Waals surface area contributed by atoms with Crippen LogP contribution in [0, 0.1) is 11.3 Å². The van der Waals surface area contributed by atoms with Crippen LogP contribution in [0.15, 0.2) is 23.3 Å². The van der Waals surface area contributed by atoms with Gasteiger partial charge < -0.3 is 20.1 Å². The fraction of sp³-hybridized carbons (Fsp3) is 0.417. The van der Waals surface area contributed by atoms with E-state index in [0.717, 1.165) is 8.97 Å². The molecule has 3 rings (SSSR count). The lowest BCUT2D eigenvalue weighted by molar-refractivity contribution is -0.0550. The smallest absolute Gasteiger partial charge is 0.336 e. The maximum Gasteiger partial charge on any atom is 0.336 e. The molecular weight excluding hydrogens is 280 g/mol. The molecule has 9 heteroatoms. The first-order valence-corrected chi connectivity index (χ1v) is 6.19. The number of nitrogens with zero attached hydrogens (tertiary/aromatic N) is 4. The number of fused-ring (bicyclic) bond motifs is 1. The highest BCUT2D eigenvalue weighted by atomic mass is 16.6. The maximum absolute atomic E-state index is 12.3. The van der Waals surface area contributed by atoms with Crippen molar-refractivity contribution in [3.63, 3.8) is 0 Å². The second-order valence-corrected chi connectivity index (χ2v) is 4.70. The lowest BCUT2D eigenvalue weighted by Crippen LogP contribution is -2.36. The number of aliphatic hydroxyl groups is 3. The Balaban J connectivity index is 2.08. The minimum atomic E-state index is -1.35. The van der Waals surface area contributed by atoms with E-state index in [-0.39, 0.29) is 5.69 Å². The van der Waals surface area contributed by atoms with Crippen LogP contribution in [-0.2, 0) is 4.74 Å². The molecule has 0 unspecified atom stereocenters. The number of aromatic nitrogens is 3. The number of hydrogen-bond acceptors (Lipinski definition) is 7. The quantitative estimate of drug-likeness (QED) is 0.581. The summed E-state index contributed by atoms with van der Waals surface area (Å²) < 4.78 is 7.53. The molecule has 0 saturated carbocycles. The van der Waals surface area contributed by atoms with Crippen LogP contribution in [0.5, 0.6) is 0 Å². The second kappa shape index (κ2) is 4.94. The minimum absolute atomic E-state index is 0.0889. The molecule has 0 bridgehead atoms. The monoisotopic (exact) mass is 292 g/mol. The molecule has 1 fully saturated rings. The Bertz CT molecular complexity index is 776. The van der Waals surface area contributed by atoms with E-state index < -0.39 is 36.8 Å². The van der Waals surface area contributed by atoms with E-state index in [1.807, 2.05) is 6.07 Å². The van der Waals surface area contributed by atoms with Gasteiger partial charge in [-0.2, -0.15) is 5.26 Å². The van der Waals surface area contributed by atoms with Crippen molar-refractivity contribution in [2.24, 2.45) is 0 Å². The summed E-state index contributed by atoms with van der Waals surface area (Å²) in [4.78, 5) is 16.3. The molecule has 4 atom stereocenters. The average Bonchev–Trinajstić information content (AvgIpc) is 3.03. The van der Waals surface area contributed by atoms with E-state index in [2.05, 4.69) is 4.98 Å². The summed E-state index contributed by atoms with van der Waals surface area (Å²) in [7, 11) is 0. The number of aliphatic hydroxyl groups excluding tert-OH is 3. The van der Waals surface area contributed by atoms with Gasteiger partial charge in [0.1, 0.15) is 30.0 Å². The topological polar surface area (TPSA) is 133 Å². The predicted octanol–water partition coefficient (Wildman–Crippen LogP) is -2.02. The Labute approximate surface area is 117 Å². The number of ether oxygens (including phenoxy) is 1. The van der Waals surface area contributed by atoms with Gasteiger partial charge in [-0.05, 0) is 6.07 Å². The van der Waals surface area contributed by atoms with Crippen LogP contribution in [0.1, 0.15) is 11.9 Å². The first-order chi connectivity index (χ1) is 10.1. The van der Waals surface area contributed by atoms with Gasteiger partial charge in [0.25, 0.3) is 0 Å². The summed E-state index contributed by atoms with van der Waals surface area (Å²) >= 11 is 0. The van der Waals surface area contributed by atoms with Gasteiger partial charge in [-0.1, -0.05) is 0 Å². The Morgan fingerprint density at radius 1 is 1.43 bits per heavy atom. The van der Waals surface area contributed by atoms with Crippen LogP contribution >= 0.6 is 0 Å². The molecule has 2 aromatic heterocycles. The maximum atomic E-state index is 12.3. The Hall–Kier alpha value is -2.25. The van der Waals surface area contributed by atoms with Crippen LogP contribution in [0.25, 0.3) is 5.65 Å². The summed E-state index contributed by atoms with van der Waals surface area (Å²) in [5.41, 5.74) is -0.193. The summed E-state index contributed by atoms with van der Waals surface area (Å²) in [5, 5.41) is 37.5. The largest absolute Gasteiger partial charge is 0.394 e. The van der Waals surface area contributed by atoms with Gasteiger partial charge in [0.15, 0.2) is 11.9 Å². The van der Waals surface area contributed by atoms with Crippen LogP contribution in [0.3, 0.4) is 0 Å². The normalized spacial score (nSPS) is 28.9. The van der Waals surface area contributed by atoms with E-state index in [4.69, 9.17) is 15.1 Å². The molecular formula is C12H12N4O5. The van der Waals surface area contributed by atoms with Gasteiger partial charge in [0.05, 0.1) is 12.8 Å². The zero-order chi connectivity index (χ0) is 15.1. The minimum Gasteiger partial charge on any atom is -0.394 e. The van der Waals surface area contributed by atoms with Crippen LogP contribution in [0.2, 0.25) is 0 Å². The molecule has 110 valence electrons. The zero-order valence-corrected chi connectivity index (χ0v) is 10.7. The molecule has 1 aliphatic rings. The van der Waals surface area contributed by atoms with Gasteiger partial charge in [0.2, 0.25) is 0 Å². The molecule has 3 N–H and O–H groups in total. The molecule has 0 amide bonds.